The summed E-state index contributed by atoms with van der Waals surface area (Å²) in [6.07, 6.45) is -8.26. The number of amides is 1. The highest BCUT2D eigenvalue weighted by Crippen LogP contribution is 2.31. The average molecular weight is 403 g/mol. The Hall–Kier alpha value is -2.78. The number of aromatic nitrogens is 1. The van der Waals surface area contributed by atoms with Crippen molar-refractivity contribution in [3.8, 4) is 0 Å². The summed E-state index contributed by atoms with van der Waals surface area (Å²) in [6.45, 7) is 1.06. The molecule has 0 atom stereocenters. The van der Waals surface area contributed by atoms with Crippen LogP contribution < -0.4 is 4.90 Å². The van der Waals surface area contributed by atoms with E-state index in [-0.39, 0.29) is 18.7 Å². The van der Waals surface area contributed by atoms with Crippen LogP contribution in [-0.2, 0) is 12.4 Å². The maximum atomic E-state index is 12.8. The first-order chi connectivity index (χ1) is 13.1. The fourth-order valence-electron chi connectivity index (χ4n) is 2.89. The van der Waals surface area contributed by atoms with E-state index < -0.39 is 29.4 Å². The second-order valence-corrected chi connectivity index (χ2v) is 6.26. The lowest BCUT2D eigenvalue weighted by atomic mass is 10.1. The Labute approximate surface area is 156 Å². The Morgan fingerprint density at radius 3 is 2.04 bits per heavy atom. The molecule has 0 saturated carbocycles. The molecule has 2 aromatic rings. The molecule has 1 amide bonds. The third kappa shape index (κ3) is 4.37. The molecular weight excluding hydrogens is 388 g/mol. The molecule has 1 aromatic carbocycles. The van der Waals surface area contributed by atoms with E-state index in [9.17, 15) is 31.1 Å². The van der Waals surface area contributed by atoms with Crippen LogP contribution in [0.4, 0.5) is 32.2 Å². The fraction of sp³-hybridized carbons (Fsp3) is 0.333. The van der Waals surface area contributed by atoms with Crippen LogP contribution >= 0.6 is 0 Å². The molecule has 150 valence electrons. The molecule has 1 fully saturated rings. The number of halogens is 6. The molecule has 1 saturated heterocycles. The summed E-state index contributed by atoms with van der Waals surface area (Å²) in [5.74, 6) is -0.176. The Morgan fingerprint density at radius 2 is 1.50 bits per heavy atom. The number of hydrogen-bond donors (Lipinski definition) is 0. The van der Waals surface area contributed by atoms with Crippen molar-refractivity contribution >= 4 is 11.7 Å². The zero-order chi connectivity index (χ0) is 20.5. The molecular formula is C18H15F6N3O. The van der Waals surface area contributed by atoms with E-state index in [4.69, 9.17) is 0 Å². The van der Waals surface area contributed by atoms with E-state index in [0.29, 0.717) is 18.9 Å². The fourth-order valence-corrected chi connectivity index (χ4v) is 2.89. The third-order valence-corrected chi connectivity index (χ3v) is 4.40. The number of alkyl halides is 6. The van der Waals surface area contributed by atoms with Crippen molar-refractivity contribution in [1.29, 1.82) is 0 Å². The number of rotatable bonds is 2. The number of piperazine rings is 1. The van der Waals surface area contributed by atoms with Gasteiger partial charge in [0.05, 0.1) is 11.1 Å². The number of benzene rings is 1. The lowest BCUT2D eigenvalue weighted by Gasteiger charge is -2.35. The topological polar surface area (TPSA) is 36.4 Å². The van der Waals surface area contributed by atoms with Crippen LogP contribution in [0.15, 0.2) is 42.6 Å². The number of carbonyl (C=O) groups excluding carboxylic acids is 1. The van der Waals surface area contributed by atoms with Gasteiger partial charge in [0.1, 0.15) is 5.82 Å². The van der Waals surface area contributed by atoms with Gasteiger partial charge in [-0.3, -0.25) is 4.79 Å². The highest BCUT2D eigenvalue weighted by atomic mass is 19.4. The zero-order valence-electron chi connectivity index (χ0n) is 14.4. The Bertz CT molecular complexity index is 840. The molecule has 28 heavy (non-hydrogen) atoms. The van der Waals surface area contributed by atoms with E-state index in [0.717, 1.165) is 24.4 Å². The van der Waals surface area contributed by atoms with Crippen molar-refractivity contribution in [2.24, 2.45) is 0 Å². The van der Waals surface area contributed by atoms with E-state index in [1.165, 1.54) is 23.1 Å². The number of nitrogens with zero attached hydrogens (tertiary/aromatic N) is 3. The van der Waals surface area contributed by atoms with Gasteiger partial charge in [-0.15, -0.1) is 0 Å². The molecule has 1 aliphatic heterocycles. The molecule has 0 spiro atoms. The van der Waals surface area contributed by atoms with Crippen LogP contribution in [0.1, 0.15) is 21.5 Å². The van der Waals surface area contributed by atoms with Gasteiger partial charge in [-0.2, -0.15) is 26.3 Å². The number of carbonyl (C=O) groups is 1. The van der Waals surface area contributed by atoms with Gasteiger partial charge < -0.3 is 9.80 Å². The predicted octanol–water partition coefficient (Wildman–Crippen LogP) is 4.08. The average Bonchev–Trinajstić information content (AvgIpc) is 2.66. The third-order valence-electron chi connectivity index (χ3n) is 4.40. The quantitative estimate of drug-likeness (QED) is 0.709. The van der Waals surface area contributed by atoms with Crippen LogP contribution in [0.5, 0.6) is 0 Å². The van der Waals surface area contributed by atoms with Gasteiger partial charge in [-0.05, 0) is 30.3 Å². The summed E-state index contributed by atoms with van der Waals surface area (Å²) in [5.41, 5.74) is -1.81. The molecule has 1 aromatic heterocycles. The van der Waals surface area contributed by atoms with Crippen LogP contribution in [-0.4, -0.2) is 42.0 Å². The number of hydrogen-bond acceptors (Lipinski definition) is 3. The SMILES string of the molecule is O=C(c1cccc(C(F)(F)F)c1)N1CCN(c2ccc(C(F)(F)F)cn2)CC1. The standard InChI is InChI=1S/C18H15F6N3O/c19-17(20,21)13-3-1-2-12(10-13)16(28)27-8-6-26(7-9-27)15-5-4-14(11-25-15)18(22,23)24/h1-5,10-11H,6-9H2. The highest BCUT2D eigenvalue weighted by Gasteiger charge is 2.32. The second kappa shape index (κ2) is 7.33. The van der Waals surface area contributed by atoms with Gasteiger partial charge >= 0.3 is 12.4 Å². The molecule has 10 heteroatoms. The Kier molecular flexibility index (Phi) is 5.22. The number of pyridine rings is 1. The molecule has 4 nitrogen and oxygen atoms in total. The minimum absolute atomic E-state index is 0.0593. The lowest BCUT2D eigenvalue weighted by Crippen LogP contribution is -2.49. The van der Waals surface area contributed by atoms with Crippen molar-refractivity contribution in [2.45, 2.75) is 12.4 Å². The Balaban J connectivity index is 1.64. The first-order valence-corrected chi connectivity index (χ1v) is 8.30. The highest BCUT2D eigenvalue weighted by molar-refractivity contribution is 5.94. The molecule has 0 bridgehead atoms. The molecule has 0 N–H and O–H groups in total. The first kappa shape index (κ1) is 20.0. The van der Waals surface area contributed by atoms with E-state index >= 15 is 0 Å². The van der Waals surface area contributed by atoms with Crippen LogP contribution in [0.25, 0.3) is 0 Å². The maximum Gasteiger partial charge on any atom is 0.417 e. The molecule has 3 rings (SSSR count). The van der Waals surface area contributed by atoms with Crippen molar-refractivity contribution in [3.63, 3.8) is 0 Å². The predicted molar refractivity (Wildman–Crippen MR) is 88.8 cm³/mol. The summed E-state index contributed by atoms with van der Waals surface area (Å²) >= 11 is 0. The normalized spacial score (nSPS) is 15.6. The minimum Gasteiger partial charge on any atom is -0.353 e. The summed E-state index contributed by atoms with van der Waals surface area (Å²) in [4.78, 5) is 19.4. The van der Waals surface area contributed by atoms with Gasteiger partial charge in [0.25, 0.3) is 5.91 Å². The molecule has 1 aliphatic rings. The van der Waals surface area contributed by atoms with Crippen LogP contribution in [0, 0.1) is 0 Å². The van der Waals surface area contributed by atoms with Gasteiger partial charge in [-0.25, -0.2) is 4.98 Å². The largest absolute Gasteiger partial charge is 0.417 e. The summed E-state index contributed by atoms with van der Waals surface area (Å²) in [5, 5.41) is 0. The van der Waals surface area contributed by atoms with Gasteiger partial charge in [0, 0.05) is 37.9 Å². The van der Waals surface area contributed by atoms with Gasteiger partial charge in [-0.1, -0.05) is 6.07 Å². The first-order valence-electron chi connectivity index (χ1n) is 8.30. The molecule has 2 heterocycles. The van der Waals surface area contributed by atoms with Crippen LogP contribution in [0.3, 0.4) is 0 Å². The maximum absolute atomic E-state index is 12.8. The van der Waals surface area contributed by atoms with E-state index in [1.54, 1.807) is 4.90 Å². The van der Waals surface area contributed by atoms with E-state index in [1.807, 2.05) is 0 Å². The van der Waals surface area contributed by atoms with Gasteiger partial charge in [0.15, 0.2) is 0 Å². The van der Waals surface area contributed by atoms with Crippen molar-refractivity contribution in [1.82, 2.24) is 9.88 Å². The van der Waals surface area contributed by atoms with Crippen molar-refractivity contribution in [3.05, 3.63) is 59.3 Å². The molecule has 0 radical (unpaired) electrons. The number of anilines is 1. The summed E-state index contributed by atoms with van der Waals surface area (Å²) < 4.78 is 76.2. The van der Waals surface area contributed by atoms with Crippen molar-refractivity contribution in [2.75, 3.05) is 31.1 Å². The molecule has 0 unspecified atom stereocenters. The van der Waals surface area contributed by atoms with Gasteiger partial charge in [0.2, 0.25) is 0 Å². The summed E-state index contributed by atoms with van der Waals surface area (Å²) in [6, 6.07) is 6.40. The second-order valence-electron chi connectivity index (χ2n) is 6.26. The Morgan fingerprint density at radius 1 is 0.857 bits per heavy atom. The lowest BCUT2D eigenvalue weighted by molar-refractivity contribution is -0.138. The zero-order valence-corrected chi connectivity index (χ0v) is 14.4. The van der Waals surface area contributed by atoms with E-state index in [2.05, 4.69) is 4.98 Å². The smallest absolute Gasteiger partial charge is 0.353 e. The van der Waals surface area contributed by atoms with Crippen molar-refractivity contribution < 1.29 is 31.1 Å². The molecule has 0 aliphatic carbocycles. The monoisotopic (exact) mass is 403 g/mol. The minimum atomic E-state index is -4.54. The van der Waals surface area contributed by atoms with Crippen LogP contribution in [0.2, 0.25) is 0 Å². The summed E-state index contributed by atoms with van der Waals surface area (Å²) in [7, 11) is 0.